The molecule has 0 saturated carbocycles. The van der Waals surface area contributed by atoms with Gasteiger partial charge in [-0.3, -0.25) is 9.52 Å². The average Bonchev–Trinajstić information content (AvgIpc) is 1.84. The van der Waals surface area contributed by atoms with Crippen LogP contribution in [0.3, 0.4) is 0 Å². The molecule has 0 spiro atoms. The molecule has 0 fully saturated rings. The maximum absolute atomic E-state index is 11.1. The second-order valence-electron chi connectivity index (χ2n) is 3.13. The third kappa shape index (κ3) is 3.52. The fourth-order valence-corrected chi connectivity index (χ4v) is 0.992. The molecule has 0 aromatic heterocycles. The highest BCUT2D eigenvalue weighted by Gasteiger charge is 2.25. The third-order valence-corrected chi connectivity index (χ3v) is 1.93. The van der Waals surface area contributed by atoms with Crippen molar-refractivity contribution in [2.75, 3.05) is 6.26 Å². The largest absolute Gasteiger partial charge is 0.273 e. The quantitative estimate of drug-likeness (QED) is 0.651. The number of hydrogen-bond acceptors (Lipinski definition) is 3. The van der Waals surface area contributed by atoms with Crippen LogP contribution in [0.2, 0.25) is 0 Å². The van der Waals surface area contributed by atoms with Gasteiger partial charge in [-0.05, 0) is 13.8 Å². The van der Waals surface area contributed by atoms with Gasteiger partial charge in [0, 0.05) is 0 Å². The summed E-state index contributed by atoms with van der Waals surface area (Å²) in [6.07, 6.45) is 2.33. The van der Waals surface area contributed by atoms with Crippen molar-refractivity contribution in [1.29, 1.82) is 0 Å². The van der Waals surface area contributed by atoms with Gasteiger partial charge in [-0.1, -0.05) is 6.08 Å². The number of amides is 1. The molecule has 1 N–H and O–H groups in total. The summed E-state index contributed by atoms with van der Waals surface area (Å²) in [5, 5.41) is 0. The Kier molecular flexibility index (Phi) is 3.04. The van der Waals surface area contributed by atoms with E-state index in [-0.39, 0.29) is 0 Å². The summed E-state index contributed by atoms with van der Waals surface area (Å²) >= 11 is 0. The van der Waals surface area contributed by atoms with Crippen LogP contribution >= 0.6 is 0 Å². The van der Waals surface area contributed by atoms with Crippen molar-refractivity contribution in [1.82, 2.24) is 4.72 Å². The number of nitrogens with one attached hydrogen (secondary N) is 1. The number of hydrogen-bond donors (Lipinski definition) is 1. The minimum Gasteiger partial charge on any atom is -0.273 e. The van der Waals surface area contributed by atoms with Gasteiger partial charge in [0.05, 0.1) is 11.7 Å². The monoisotopic (exact) mass is 191 g/mol. The lowest BCUT2D eigenvalue weighted by molar-refractivity contribution is -0.125. The Labute approximate surface area is 72.7 Å². The lowest BCUT2D eigenvalue weighted by Crippen LogP contribution is -2.38. The number of rotatable bonds is 3. The van der Waals surface area contributed by atoms with Crippen molar-refractivity contribution < 1.29 is 13.2 Å². The third-order valence-electron chi connectivity index (χ3n) is 1.37. The van der Waals surface area contributed by atoms with Crippen LogP contribution in [0.25, 0.3) is 0 Å². The van der Waals surface area contributed by atoms with Crippen LogP contribution in [0.1, 0.15) is 13.8 Å². The van der Waals surface area contributed by atoms with E-state index in [0.717, 1.165) is 6.26 Å². The molecule has 0 atom stereocenters. The molecule has 0 saturated heterocycles. The summed E-state index contributed by atoms with van der Waals surface area (Å²) in [5.41, 5.74) is -0.858. The predicted octanol–water partition coefficient (Wildman–Crippen LogP) is 0.274. The van der Waals surface area contributed by atoms with E-state index in [1.165, 1.54) is 6.08 Å². The second-order valence-corrected chi connectivity index (χ2v) is 4.88. The number of sulfonamides is 1. The molecule has 0 heterocycles. The minimum absolute atomic E-state index is 0.569. The second kappa shape index (κ2) is 3.26. The Morgan fingerprint density at radius 2 is 1.92 bits per heavy atom. The highest BCUT2D eigenvalue weighted by Crippen LogP contribution is 2.15. The SMILES string of the molecule is C=CC(C)(C)C(=O)NS(C)(=O)=O. The van der Waals surface area contributed by atoms with Crippen LogP contribution in [0.15, 0.2) is 12.7 Å². The van der Waals surface area contributed by atoms with Crippen molar-refractivity contribution in [3.8, 4) is 0 Å². The molecular weight excluding hydrogens is 178 g/mol. The van der Waals surface area contributed by atoms with E-state index in [0.29, 0.717) is 0 Å². The fourth-order valence-electron chi connectivity index (χ4n) is 0.393. The fraction of sp³-hybridized carbons (Fsp3) is 0.571. The lowest BCUT2D eigenvalue weighted by atomic mass is 9.93. The van der Waals surface area contributed by atoms with Gasteiger partial charge in [-0.2, -0.15) is 0 Å². The highest BCUT2D eigenvalue weighted by atomic mass is 32.2. The van der Waals surface area contributed by atoms with Crippen LogP contribution in [0.4, 0.5) is 0 Å². The van der Waals surface area contributed by atoms with Crippen molar-refractivity contribution >= 4 is 15.9 Å². The minimum atomic E-state index is -3.46. The Bertz CT molecular complexity index is 290. The van der Waals surface area contributed by atoms with Gasteiger partial charge in [0.1, 0.15) is 0 Å². The van der Waals surface area contributed by atoms with E-state index in [1.807, 2.05) is 4.72 Å². The van der Waals surface area contributed by atoms with Crippen molar-refractivity contribution in [2.24, 2.45) is 5.41 Å². The Balaban J connectivity index is 4.55. The van der Waals surface area contributed by atoms with Gasteiger partial charge in [0.2, 0.25) is 15.9 Å². The van der Waals surface area contributed by atoms with Gasteiger partial charge in [-0.15, -0.1) is 6.58 Å². The normalized spacial score (nSPS) is 12.2. The van der Waals surface area contributed by atoms with Crippen LogP contribution in [-0.4, -0.2) is 20.6 Å². The van der Waals surface area contributed by atoms with Crippen LogP contribution in [0.5, 0.6) is 0 Å². The molecule has 0 aliphatic heterocycles. The van der Waals surface area contributed by atoms with E-state index >= 15 is 0 Å². The maximum atomic E-state index is 11.1. The molecule has 0 radical (unpaired) electrons. The molecule has 0 bridgehead atoms. The van der Waals surface area contributed by atoms with E-state index in [1.54, 1.807) is 13.8 Å². The first-order valence-corrected chi connectivity index (χ1v) is 5.24. The zero-order valence-corrected chi connectivity index (χ0v) is 8.23. The maximum Gasteiger partial charge on any atom is 0.242 e. The van der Waals surface area contributed by atoms with Crippen molar-refractivity contribution in [3.05, 3.63) is 12.7 Å². The Morgan fingerprint density at radius 3 is 2.17 bits per heavy atom. The molecule has 70 valence electrons. The van der Waals surface area contributed by atoms with Crippen molar-refractivity contribution in [2.45, 2.75) is 13.8 Å². The Morgan fingerprint density at radius 1 is 1.50 bits per heavy atom. The number of carbonyl (C=O) groups is 1. The molecule has 0 aromatic carbocycles. The average molecular weight is 191 g/mol. The first kappa shape index (κ1) is 11.2. The van der Waals surface area contributed by atoms with Crippen LogP contribution in [0, 0.1) is 5.41 Å². The van der Waals surface area contributed by atoms with Gasteiger partial charge < -0.3 is 0 Å². The van der Waals surface area contributed by atoms with E-state index < -0.39 is 21.3 Å². The van der Waals surface area contributed by atoms with E-state index in [9.17, 15) is 13.2 Å². The molecule has 4 nitrogen and oxygen atoms in total. The first-order chi connectivity index (χ1) is 5.19. The molecule has 5 heteroatoms. The molecule has 0 unspecified atom stereocenters. The van der Waals surface area contributed by atoms with E-state index in [4.69, 9.17) is 0 Å². The molecular formula is C7H13NO3S. The molecule has 0 aliphatic rings. The molecule has 1 amide bonds. The summed E-state index contributed by atoms with van der Waals surface area (Å²) in [4.78, 5) is 11.1. The first-order valence-electron chi connectivity index (χ1n) is 3.35. The zero-order valence-electron chi connectivity index (χ0n) is 7.42. The van der Waals surface area contributed by atoms with Gasteiger partial charge >= 0.3 is 0 Å². The highest BCUT2D eigenvalue weighted by molar-refractivity contribution is 7.89. The molecule has 0 rings (SSSR count). The molecule has 12 heavy (non-hydrogen) atoms. The smallest absolute Gasteiger partial charge is 0.242 e. The molecule has 0 aliphatic carbocycles. The lowest BCUT2D eigenvalue weighted by Gasteiger charge is -2.17. The summed E-state index contributed by atoms with van der Waals surface area (Å²) in [5.74, 6) is -0.569. The standard InChI is InChI=1S/C7H13NO3S/c1-5-7(2,3)6(9)8-12(4,10)11/h5H,1H2,2-4H3,(H,8,9). The van der Waals surface area contributed by atoms with Crippen LogP contribution < -0.4 is 4.72 Å². The predicted molar refractivity (Wildman–Crippen MR) is 47.0 cm³/mol. The Hall–Kier alpha value is -0.840. The topological polar surface area (TPSA) is 63.2 Å². The van der Waals surface area contributed by atoms with Gasteiger partial charge in [0.25, 0.3) is 0 Å². The summed E-state index contributed by atoms with van der Waals surface area (Å²) in [6, 6.07) is 0. The number of carbonyl (C=O) groups excluding carboxylic acids is 1. The summed E-state index contributed by atoms with van der Waals surface area (Å²) < 4.78 is 23.1. The van der Waals surface area contributed by atoms with Gasteiger partial charge in [-0.25, -0.2) is 8.42 Å². The summed E-state index contributed by atoms with van der Waals surface area (Å²) in [7, 11) is -3.46. The van der Waals surface area contributed by atoms with Crippen LogP contribution in [-0.2, 0) is 14.8 Å². The zero-order chi connectivity index (χ0) is 9.99. The molecule has 0 aromatic rings. The van der Waals surface area contributed by atoms with Crippen molar-refractivity contribution in [3.63, 3.8) is 0 Å². The van der Waals surface area contributed by atoms with Gasteiger partial charge in [0.15, 0.2) is 0 Å². The van der Waals surface area contributed by atoms with E-state index in [2.05, 4.69) is 6.58 Å². The summed E-state index contributed by atoms with van der Waals surface area (Å²) in [6.45, 7) is 6.60.